The molecule has 0 aliphatic carbocycles. The molecule has 0 radical (unpaired) electrons. The fourth-order valence-corrected chi connectivity index (χ4v) is 5.06. The van der Waals surface area contributed by atoms with Crippen molar-refractivity contribution in [2.45, 2.75) is 69.6 Å². The lowest BCUT2D eigenvalue weighted by atomic mass is 10.1. The maximum absolute atomic E-state index is 6.18. The molecular formula is C24H40N4O3. The molecule has 0 saturated carbocycles. The molecule has 0 amide bonds. The SMILES string of the molecule is CN=C(NCC(c1ccco1)N1CCCCC1)N1CCC(OCC2CCCCO2)CC1. The highest BCUT2D eigenvalue weighted by Crippen LogP contribution is 2.25. The third-order valence-electron chi connectivity index (χ3n) is 6.90. The lowest BCUT2D eigenvalue weighted by molar-refractivity contribution is -0.0721. The predicted octanol–water partition coefficient (Wildman–Crippen LogP) is 3.43. The van der Waals surface area contributed by atoms with Crippen LogP contribution in [-0.2, 0) is 9.47 Å². The maximum Gasteiger partial charge on any atom is 0.193 e. The first-order valence-corrected chi connectivity index (χ1v) is 12.3. The second-order valence-electron chi connectivity index (χ2n) is 9.06. The molecule has 3 saturated heterocycles. The van der Waals surface area contributed by atoms with Gasteiger partial charge < -0.3 is 24.1 Å². The van der Waals surface area contributed by atoms with Gasteiger partial charge in [-0.3, -0.25) is 9.89 Å². The van der Waals surface area contributed by atoms with Crippen LogP contribution in [0, 0.1) is 0 Å². The van der Waals surface area contributed by atoms with Crippen molar-refractivity contribution in [2.24, 2.45) is 4.99 Å². The van der Waals surface area contributed by atoms with Crippen LogP contribution in [0.1, 0.15) is 63.2 Å². The molecule has 2 unspecified atom stereocenters. The summed E-state index contributed by atoms with van der Waals surface area (Å²) in [6.07, 6.45) is 12.0. The molecule has 31 heavy (non-hydrogen) atoms. The predicted molar refractivity (Wildman–Crippen MR) is 122 cm³/mol. The van der Waals surface area contributed by atoms with Crippen molar-refractivity contribution in [1.29, 1.82) is 0 Å². The van der Waals surface area contributed by atoms with Crippen LogP contribution in [0.3, 0.4) is 0 Å². The minimum Gasteiger partial charge on any atom is -0.468 e. The van der Waals surface area contributed by atoms with E-state index < -0.39 is 0 Å². The number of hydrogen-bond acceptors (Lipinski definition) is 5. The number of hydrogen-bond donors (Lipinski definition) is 1. The first kappa shape index (κ1) is 22.6. The molecule has 0 aromatic carbocycles. The molecule has 7 heteroatoms. The molecule has 0 bridgehead atoms. The summed E-state index contributed by atoms with van der Waals surface area (Å²) >= 11 is 0. The molecular weight excluding hydrogens is 392 g/mol. The van der Waals surface area contributed by atoms with Gasteiger partial charge in [-0.15, -0.1) is 0 Å². The van der Waals surface area contributed by atoms with Gasteiger partial charge in [0.25, 0.3) is 0 Å². The smallest absolute Gasteiger partial charge is 0.193 e. The van der Waals surface area contributed by atoms with Crippen LogP contribution < -0.4 is 5.32 Å². The van der Waals surface area contributed by atoms with Gasteiger partial charge >= 0.3 is 0 Å². The number of nitrogens with zero attached hydrogens (tertiary/aromatic N) is 3. The van der Waals surface area contributed by atoms with Gasteiger partial charge in [0.1, 0.15) is 5.76 Å². The van der Waals surface area contributed by atoms with Crippen LogP contribution in [0.15, 0.2) is 27.8 Å². The Morgan fingerprint density at radius 1 is 1.13 bits per heavy atom. The Hall–Kier alpha value is -1.57. The van der Waals surface area contributed by atoms with Crippen molar-refractivity contribution >= 4 is 5.96 Å². The van der Waals surface area contributed by atoms with Crippen molar-refractivity contribution in [2.75, 3.05) is 53.0 Å². The molecule has 3 fully saturated rings. The lowest BCUT2D eigenvalue weighted by Crippen LogP contribution is -2.49. The third kappa shape index (κ3) is 6.46. The van der Waals surface area contributed by atoms with E-state index in [-0.39, 0.29) is 6.04 Å². The summed E-state index contributed by atoms with van der Waals surface area (Å²) in [6, 6.07) is 4.34. The second-order valence-corrected chi connectivity index (χ2v) is 9.06. The van der Waals surface area contributed by atoms with Gasteiger partial charge in [0.15, 0.2) is 5.96 Å². The van der Waals surface area contributed by atoms with Gasteiger partial charge in [0, 0.05) is 33.3 Å². The molecule has 0 spiro atoms. The van der Waals surface area contributed by atoms with E-state index in [0.717, 1.165) is 76.9 Å². The standard InChI is InChI=1S/C24H40N4O3/c1-25-24(26-18-22(23-9-7-17-30-23)27-12-4-2-5-13-27)28-14-10-20(11-15-28)31-19-21-8-3-6-16-29-21/h7,9,17,20-22H,2-6,8,10-16,18-19H2,1H3,(H,25,26). The molecule has 3 aliphatic rings. The second kappa shape index (κ2) is 11.9. The number of rotatable bonds is 7. The summed E-state index contributed by atoms with van der Waals surface area (Å²) in [4.78, 5) is 9.50. The number of likely N-dealkylation sites (tertiary alicyclic amines) is 2. The summed E-state index contributed by atoms with van der Waals surface area (Å²) in [5.74, 6) is 2.03. The van der Waals surface area contributed by atoms with Gasteiger partial charge in [0.2, 0.25) is 0 Å². The normalized spacial score (nSPS) is 25.5. The van der Waals surface area contributed by atoms with Crippen molar-refractivity contribution < 1.29 is 13.9 Å². The van der Waals surface area contributed by atoms with Crippen molar-refractivity contribution in [3.8, 4) is 0 Å². The zero-order valence-electron chi connectivity index (χ0n) is 19.1. The molecule has 4 rings (SSSR count). The Kier molecular flexibility index (Phi) is 8.67. The average Bonchev–Trinajstić information content (AvgIpc) is 3.37. The van der Waals surface area contributed by atoms with E-state index in [9.17, 15) is 0 Å². The van der Waals surface area contributed by atoms with Crippen molar-refractivity contribution in [3.05, 3.63) is 24.2 Å². The Labute approximate surface area is 187 Å². The third-order valence-corrected chi connectivity index (χ3v) is 6.90. The summed E-state index contributed by atoms with van der Waals surface area (Å²) in [7, 11) is 1.88. The van der Waals surface area contributed by atoms with E-state index in [1.165, 1.54) is 32.1 Å². The minimum atomic E-state index is 0.253. The highest BCUT2D eigenvalue weighted by molar-refractivity contribution is 5.80. The molecule has 7 nitrogen and oxygen atoms in total. The summed E-state index contributed by atoms with van der Waals surface area (Å²) in [6.45, 7) is 6.69. The van der Waals surface area contributed by atoms with E-state index in [0.29, 0.717) is 12.2 Å². The molecule has 3 aliphatic heterocycles. The number of aliphatic imine (C=N–C) groups is 1. The molecule has 1 N–H and O–H groups in total. The zero-order chi connectivity index (χ0) is 21.3. The maximum atomic E-state index is 6.18. The number of ether oxygens (including phenoxy) is 2. The van der Waals surface area contributed by atoms with Gasteiger partial charge in [-0.25, -0.2) is 0 Å². The molecule has 4 heterocycles. The monoisotopic (exact) mass is 432 g/mol. The van der Waals surface area contributed by atoms with Crippen LogP contribution in [0.4, 0.5) is 0 Å². The Morgan fingerprint density at radius 2 is 1.97 bits per heavy atom. The number of furan rings is 1. The lowest BCUT2D eigenvalue weighted by Gasteiger charge is -2.37. The van der Waals surface area contributed by atoms with E-state index in [2.05, 4.69) is 26.2 Å². The fraction of sp³-hybridized carbons (Fsp3) is 0.792. The van der Waals surface area contributed by atoms with Gasteiger partial charge in [-0.05, 0) is 70.2 Å². The van der Waals surface area contributed by atoms with Crippen LogP contribution in [0.5, 0.6) is 0 Å². The number of guanidine groups is 1. The van der Waals surface area contributed by atoms with E-state index in [4.69, 9.17) is 13.9 Å². The van der Waals surface area contributed by atoms with Crippen LogP contribution in [0.25, 0.3) is 0 Å². The van der Waals surface area contributed by atoms with Gasteiger partial charge in [-0.2, -0.15) is 0 Å². The first-order valence-electron chi connectivity index (χ1n) is 12.3. The van der Waals surface area contributed by atoms with Crippen molar-refractivity contribution in [1.82, 2.24) is 15.1 Å². The van der Waals surface area contributed by atoms with Crippen LogP contribution in [0.2, 0.25) is 0 Å². The summed E-state index contributed by atoms with van der Waals surface area (Å²) < 4.78 is 17.8. The summed E-state index contributed by atoms with van der Waals surface area (Å²) in [5, 5.41) is 3.64. The van der Waals surface area contributed by atoms with Gasteiger partial charge in [-0.1, -0.05) is 6.42 Å². The molecule has 1 aromatic rings. The Morgan fingerprint density at radius 3 is 2.65 bits per heavy atom. The number of nitrogens with one attached hydrogen (secondary N) is 1. The topological polar surface area (TPSA) is 62.5 Å². The molecule has 174 valence electrons. The van der Waals surface area contributed by atoms with E-state index >= 15 is 0 Å². The van der Waals surface area contributed by atoms with Crippen LogP contribution >= 0.6 is 0 Å². The highest BCUT2D eigenvalue weighted by atomic mass is 16.5. The van der Waals surface area contributed by atoms with E-state index in [1.807, 2.05) is 13.1 Å². The van der Waals surface area contributed by atoms with Crippen molar-refractivity contribution in [3.63, 3.8) is 0 Å². The first-order chi connectivity index (χ1) is 15.3. The molecule has 1 aromatic heterocycles. The Bertz CT molecular complexity index is 646. The quantitative estimate of drug-likeness (QED) is 0.526. The average molecular weight is 433 g/mol. The molecule has 2 atom stereocenters. The van der Waals surface area contributed by atoms with Gasteiger partial charge in [0.05, 0.1) is 31.1 Å². The fourth-order valence-electron chi connectivity index (χ4n) is 5.06. The highest BCUT2D eigenvalue weighted by Gasteiger charge is 2.27. The minimum absolute atomic E-state index is 0.253. The Balaban J connectivity index is 1.24. The summed E-state index contributed by atoms with van der Waals surface area (Å²) in [5.41, 5.74) is 0. The largest absolute Gasteiger partial charge is 0.468 e. The van der Waals surface area contributed by atoms with Crippen LogP contribution in [-0.4, -0.2) is 81.0 Å². The zero-order valence-corrected chi connectivity index (χ0v) is 19.1. The number of piperidine rings is 2. The van der Waals surface area contributed by atoms with E-state index in [1.54, 1.807) is 6.26 Å².